The smallest absolute Gasteiger partial charge is 0.380 e. The number of nitrogens with one attached hydrogen (secondary N) is 2. The van der Waals surface area contributed by atoms with Gasteiger partial charge in [0.05, 0.1) is 24.6 Å². The van der Waals surface area contributed by atoms with Crippen LogP contribution in [-0.2, 0) is 0 Å². The van der Waals surface area contributed by atoms with E-state index in [4.69, 9.17) is 0 Å². The monoisotopic (exact) mass is 411 g/mol. The molecule has 4 rings (SSSR count). The Bertz CT molecular complexity index is 669. The van der Waals surface area contributed by atoms with E-state index in [0.29, 0.717) is 6.04 Å². The van der Waals surface area contributed by atoms with Crippen LogP contribution in [0.3, 0.4) is 0 Å². The Balaban J connectivity index is 1.18. The molecule has 2 saturated carbocycles. The summed E-state index contributed by atoms with van der Waals surface area (Å²) >= 11 is 0. The molecule has 2 aliphatic carbocycles. The predicted molar refractivity (Wildman–Crippen MR) is 108 cm³/mol. The van der Waals surface area contributed by atoms with Gasteiger partial charge in [-0.25, -0.2) is 9.97 Å². The lowest BCUT2D eigenvalue weighted by atomic mass is 9.52. The third-order valence-corrected chi connectivity index (χ3v) is 7.08. The minimum atomic E-state index is -4.12. The predicted octanol–water partition coefficient (Wildman–Crippen LogP) is 4.22. The summed E-state index contributed by atoms with van der Waals surface area (Å²) < 4.78 is 36.8. The average molecular weight is 412 g/mol. The second-order valence-electron chi connectivity index (χ2n) is 9.69. The molecule has 3 fully saturated rings. The van der Waals surface area contributed by atoms with Crippen LogP contribution in [0.1, 0.15) is 52.4 Å². The molecule has 29 heavy (non-hydrogen) atoms. The maximum atomic E-state index is 12.3. The lowest BCUT2D eigenvalue weighted by Crippen LogP contribution is -2.59. The molecule has 162 valence electrons. The number of halogens is 3. The molecule has 1 spiro atoms. The maximum Gasteiger partial charge on any atom is 0.401 e. The normalized spacial score (nSPS) is 30.3. The number of rotatable bonds is 6. The summed E-state index contributed by atoms with van der Waals surface area (Å²) in [4.78, 5) is 11.4. The van der Waals surface area contributed by atoms with Crippen LogP contribution in [0.2, 0.25) is 0 Å². The Morgan fingerprint density at radius 2 is 1.66 bits per heavy atom. The summed E-state index contributed by atoms with van der Waals surface area (Å²) in [5, 5.41) is 6.10. The Kier molecular flexibility index (Phi) is 5.66. The van der Waals surface area contributed by atoms with Gasteiger partial charge in [-0.3, -0.25) is 0 Å². The van der Waals surface area contributed by atoms with Crippen molar-refractivity contribution in [2.45, 2.75) is 70.6 Å². The van der Waals surface area contributed by atoms with Crippen LogP contribution in [0.25, 0.3) is 0 Å². The molecule has 0 atom stereocenters. The van der Waals surface area contributed by atoms with Gasteiger partial charge in [0.1, 0.15) is 0 Å². The quantitative estimate of drug-likeness (QED) is 0.734. The van der Waals surface area contributed by atoms with E-state index in [0.717, 1.165) is 62.2 Å². The lowest BCUT2D eigenvalue weighted by Gasteiger charge is -2.58. The maximum absolute atomic E-state index is 12.3. The zero-order chi connectivity index (χ0) is 20.6. The fourth-order valence-corrected chi connectivity index (χ4v) is 5.37. The number of piperidine rings is 1. The van der Waals surface area contributed by atoms with Crippen LogP contribution in [0.4, 0.5) is 24.8 Å². The number of anilines is 2. The topological polar surface area (TPSA) is 53.1 Å². The molecule has 1 aromatic heterocycles. The van der Waals surface area contributed by atoms with Gasteiger partial charge in [-0.1, -0.05) is 13.8 Å². The first-order valence-electron chi connectivity index (χ1n) is 10.9. The highest BCUT2D eigenvalue weighted by Crippen LogP contribution is 2.56. The second kappa shape index (κ2) is 7.93. The van der Waals surface area contributed by atoms with Gasteiger partial charge in [0, 0.05) is 25.2 Å². The van der Waals surface area contributed by atoms with Gasteiger partial charge >= 0.3 is 6.18 Å². The first kappa shape index (κ1) is 20.7. The van der Waals surface area contributed by atoms with Crippen molar-refractivity contribution in [3.63, 3.8) is 0 Å². The van der Waals surface area contributed by atoms with Crippen molar-refractivity contribution >= 4 is 11.6 Å². The highest BCUT2D eigenvalue weighted by molar-refractivity contribution is 5.44. The van der Waals surface area contributed by atoms with E-state index in [1.165, 1.54) is 12.8 Å². The van der Waals surface area contributed by atoms with Crippen LogP contribution < -0.4 is 15.5 Å². The van der Waals surface area contributed by atoms with Gasteiger partial charge in [0.2, 0.25) is 5.95 Å². The zero-order valence-electron chi connectivity index (χ0n) is 17.3. The molecule has 0 radical (unpaired) electrons. The molecule has 1 saturated heterocycles. The molecular weight excluding hydrogens is 379 g/mol. The molecule has 5 nitrogen and oxygen atoms in total. The fraction of sp³-hybridized carbons (Fsp3) is 0.810. The Hall–Kier alpha value is -1.57. The first-order valence-corrected chi connectivity index (χ1v) is 10.9. The molecule has 1 aliphatic heterocycles. The minimum absolute atomic E-state index is 0.0139. The molecule has 1 aromatic rings. The number of hydrogen-bond acceptors (Lipinski definition) is 5. The van der Waals surface area contributed by atoms with E-state index in [1.807, 2.05) is 12.4 Å². The first-order chi connectivity index (χ1) is 13.7. The van der Waals surface area contributed by atoms with Crippen molar-refractivity contribution in [1.29, 1.82) is 0 Å². The van der Waals surface area contributed by atoms with E-state index >= 15 is 0 Å². The number of hydrogen-bond donors (Lipinski definition) is 2. The van der Waals surface area contributed by atoms with Crippen molar-refractivity contribution < 1.29 is 13.2 Å². The highest BCUT2D eigenvalue weighted by atomic mass is 19.4. The number of alkyl halides is 3. The third-order valence-electron chi connectivity index (χ3n) is 7.08. The van der Waals surface area contributed by atoms with Gasteiger partial charge < -0.3 is 15.5 Å². The van der Waals surface area contributed by atoms with Crippen molar-refractivity contribution in [1.82, 2.24) is 15.3 Å². The fourth-order valence-electron chi connectivity index (χ4n) is 5.37. The van der Waals surface area contributed by atoms with E-state index in [9.17, 15) is 13.2 Å². The molecule has 0 amide bonds. The zero-order valence-corrected chi connectivity index (χ0v) is 17.3. The van der Waals surface area contributed by atoms with Gasteiger partial charge in [0.25, 0.3) is 0 Å². The summed E-state index contributed by atoms with van der Waals surface area (Å²) in [6.45, 7) is 5.75. The van der Waals surface area contributed by atoms with Crippen LogP contribution in [0, 0.1) is 17.3 Å². The van der Waals surface area contributed by atoms with Crippen molar-refractivity contribution in [2.24, 2.45) is 17.3 Å². The minimum Gasteiger partial charge on any atom is -0.380 e. The molecular formula is C21H32F3N5. The molecule has 0 aromatic carbocycles. The molecule has 2 N–H and O–H groups in total. The average Bonchev–Trinajstić information content (AvgIpc) is 2.61. The summed E-state index contributed by atoms with van der Waals surface area (Å²) in [6, 6.07) is 0.384. The second-order valence-corrected chi connectivity index (χ2v) is 9.69. The van der Waals surface area contributed by atoms with Crippen LogP contribution in [-0.4, -0.2) is 47.9 Å². The van der Waals surface area contributed by atoms with E-state index in [-0.39, 0.29) is 11.5 Å². The van der Waals surface area contributed by atoms with E-state index in [1.54, 1.807) is 0 Å². The largest absolute Gasteiger partial charge is 0.401 e. The summed E-state index contributed by atoms with van der Waals surface area (Å²) in [5.74, 6) is 2.34. The van der Waals surface area contributed by atoms with Crippen LogP contribution in [0.15, 0.2) is 12.4 Å². The standard InChI is InChI=1S/C21H32F3N5/c1-14(2)15-3-5-29(6-4-15)19-25-11-18(12-26-19)28-17-9-20(10-17)7-16(8-20)27-13-21(22,23)24/h11-12,14-17,27-28H,3-10,13H2,1-2H3. The van der Waals surface area contributed by atoms with Gasteiger partial charge in [-0.05, 0) is 55.8 Å². The lowest BCUT2D eigenvalue weighted by molar-refractivity contribution is -0.132. The van der Waals surface area contributed by atoms with Crippen LogP contribution in [0.5, 0.6) is 0 Å². The summed E-state index contributed by atoms with van der Waals surface area (Å²) in [5.41, 5.74) is 1.17. The Labute approximate surface area is 170 Å². The van der Waals surface area contributed by atoms with Gasteiger partial charge in [-0.15, -0.1) is 0 Å². The molecule has 0 unspecified atom stereocenters. The van der Waals surface area contributed by atoms with E-state index in [2.05, 4.69) is 39.3 Å². The Morgan fingerprint density at radius 3 is 2.21 bits per heavy atom. The molecule has 0 bridgehead atoms. The van der Waals surface area contributed by atoms with Crippen molar-refractivity contribution in [2.75, 3.05) is 29.9 Å². The molecule has 2 heterocycles. The summed E-state index contributed by atoms with van der Waals surface area (Å²) in [6.07, 6.45) is 5.72. The summed E-state index contributed by atoms with van der Waals surface area (Å²) in [7, 11) is 0. The highest BCUT2D eigenvalue weighted by Gasteiger charge is 2.53. The number of aromatic nitrogens is 2. The van der Waals surface area contributed by atoms with E-state index < -0.39 is 12.7 Å². The van der Waals surface area contributed by atoms with Crippen molar-refractivity contribution in [3.8, 4) is 0 Å². The van der Waals surface area contributed by atoms with Crippen molar-refractivity contribution in [3.05, 3.63) is 12.4 Å². The van der Waals surface area contributed by atoms with Gasteiger partial charge in [0.15, 0.2) is 0 Å². The molecule has 8 heteroatoms. The van der Waals surface area contributed by atoms with Crippen LogP contribution >= 0.6 is 0 Å². The third kappa shape index (κ3) is 4.95. The Morgan fingerprint density at radius 1 is 1.07 bits per heavy atom. The molecule has 3 aliphatic rings. The van der Waals surface area contributed by atoms with Gasteiger partial charge in [-0.2, -0.15) is 13.2 Å². The number of nitrogens with zero attached hydrogens (tertiary/aromatic N) is 3. The SMILES string of the molecule is CC(C)C1CCN(c2ncc(NC3CC4(CC(NCC(F)(F)F)C4)C3)cn2)CC1.